The van der Waals surface area contributed by atoms with Crippen molar-refractivity contribution in [2.45, 2.75) is 19.0 Å². The summed E-state index contributed by atoms with van der Waals surface area (Å²) in [5, 5.41) is 6.78. The minimum Gasteiger partial charge on any atom is -0.356 e. The van der Waals surface area contributed by atoms with Gasteiger partial charge in [-0.15, -0.1) is 0 Å². The van der Waals surface area contributed by atoms with Gasteiger partial charge in [0.15, 0.2) is 5.65 Å². The number of likely N-dealkylation sites (tertiary alicyclic amines) is 1. The van der Waals surface area contributed by atoms with Gasteiger partial charge in [0.1, 0.15) is 11.4 Å². The molecule has 3 aromatic heterocycles. The highest BCUT2D eigenvalue weighted by Gasteiger charge is 2.47. The maximum Gasteiger partial charge on any atom is 0.433 e. The molecule has 0 radical (unpaired) electrons. The highest BCUT2D eigenvalue weighted by atomic mass is 19.4. The minimum absolute atomic E-state index is 0.115. The minimum atomic E-state index is -4.59. The van der Waals surface area contributed by atoms with Gasteiger partial charge in [-0.1, -0.05) is 0 Å². The van der Waals surface area contributed by atoms with Crippen molar-refractivity contribution in [3.05, 3.63) is 35.3 Å². The molecule has 11 heteroatoms. The van der Waals surface area contributed by atoms with Crippen LogP contribution in [0, 0.1) is 6.92 Å². The number of nitrogens with zero attached hydrogens (tertiary/aromatic N) is 3. The van der Waals surface area contributed by atoms with Gasteiger partial charge in [-0.2, -0.15) is 18.3 Å². The fourth-order valence-corrected chi connectivity index (χ4v) is 3.05. The number of aromatic nitrogens is 4. The van der Waals surface area contributed by atoms with E-state index < -0.39 is 36.8 Å². The van der Waals surface area contributed by atoms with E-state index in [1.54, 1.807) is 6.92 Å². The maximum absolute atomic E-state index is 13.0. The molecule has 4 heterocycles. The molecule has 0 atom stereocenters. The van der Waals surface area contributed by atoms with Crippen LogP contribution in [-0.4, -0.2) is 50.0 Å². The SMILES string of the molecule is Cc1c(-c2[nH]nc3nc(C(F)(F)F)ccc23)c[nH]c1C(=O)N1CC(F)(F)C1. The van der Waals surface area contributed by atoms with Crippen molar-refractivity contribution in [2.24, 2.45) is 0 Å². The predicted octanol–water partition coefficient (Wildman–Crippen LogP) is 3.37. The summed E-state index contributed by atoms with van der Waals surface area (Å²) in [6, 6.07) is 2.09. The van der Waals surface area contributed by atoms with Gasteiger partial charge in [-0.05, 0) is 24.6 Å². The van der Waals surface area contributed by atoms with Crippen molar-refractivity contribution in [3.8, 4) is 11.3 Å². The molecule has 1 aliphatic heterocycles. The average Bonchev–Trinajstić information content (AvgIpc) is 3.13. The van der Waals surface area contributed by atoms with Gasteiger partial charge in [0.25, 0.3) is 11.8 Å². The van der Waals surface area contributed by atoms with E-state index in [-0.39, 0.29) is 11.3 Å². The first-order valence-corrected chi connectivity index (χ1v) is 7.84. The number of aromatic amines is 2. The molecule has 0 aliphatic carbocycles. The molecule has 0 aromatic carbocycles. The number of hydrogen-bond donors (Lipinski definition) is 2. The van der Waals surface area contributed by atoms with Gasteiger partial charge in [0.05, 0.1) is 18.8 Å². The third-order valence-corrected chi connectivity index (χ3v) is 4.46. The fourth-order valence-electron chi connectivity index (χ4n) is 3.05. The molecule has 1 saturated heterocycles. The Bertz CT molecular complexity index is 1040. The van der Waals surface area contributed by atoms with Crippen LogP contribution in [0.3, 0.4) is 0 Å². The molecule has 4 rings (SSSR count). The van der Waals surface area contributed by atoms with Crippen molar-refractivity contribution in [3.63, 3.8) is 0 Å². The summed E-state index contributed by atoms with van der Waals surface area (Å²) in [5.74, 6) is -3.44. The Morgan fingerprint density at radius 3 is 2.59 bits per heavy atom. The Morgan fingerprint density at radius 1 is 1.26 bits per heavy atom. The summed E-state index contributed by atoms with van der Waals surface area (Å²) < 4.78 is 64.3. The van der Waals surface area contributed by atoms with Crippen LogP contribution in [0.4, 0.5) is 22.0 Å². The Balaban J connectivity index is 1.69. The number of halogens is 5. The number of rotatable bonds is 2. The maximum atomic E-state index is 13.0. The number of pyridine rings is 1. The first kappa shape index (κ1) is 17.4. The van der Waals surface area contributed by atoms with Crippen LogP contribution >= 0.6 is 0 Å². The zero-order valence-corrected chi connectivity index (χ0v) is 13.8. The van der Waals surface area contributed by atoms with Gasteiger partial charge in [0, 0.05) is 17.1 Å². The summed E-state index contributed by atoms with van der Waals surface area (Å²) in [6.45, 7) is 0.328. The van der Waals surface area contributed by atoms with E-state index in [4.69, 9.17) is 0 Å². The topological polar surface area (TPSA) is 77.7 Å². The van der Waals surface area contributed by atoms with Crippen molar-refractivity contribution in [1.82, 2.24) is 25.1 Å². The molecule has 1 aliphatic rings. The van der Waals surface area contributed by atoms with Crippen LogP contribution < -0.4 is 0 Å². The van der Waals surface area contributed by atoms with E-state index in [1.807, 2.05) is 0 Å². The molecule has 6 nitrogen and oxygen atoms in total. The zero-order valence-electron chi connectivity index (χ0n) is 13.8. The highest BCUT2D eigenvalue weighted by Crippen LogP contribution is 2.34. The summed E-state index contributed by atoms with van der Waals surface area (Å²) in [5.41, 5.74) is 0.315. The Morgan fingerprint density at radius 2 is 1.96 bits per heavy atom. The molecule has 0 unspecified atom stereocenters. The molecule has 3 aromatic rings. The molecule has 1 amide bonds. The number of nitrogens with one attached hydrogen (secondary N) is 2. The van der Waals surface area contributed by atoms with Crippen molar-refractivity contribution >= 4 is 16.9 Å². The van der Waals surface area contributed by atoms with E-state index in [9.17, 15) is 26.7 Å². The van der Waals surface area contributed by atoms with Crippen LogP contribution in [0.2, 0.25) is 0 Å². The lowest BCUT2D eigenvalue weighted by atomic mass is 10.0. The van der Waals surface area contributed by atoms with E-state index in [0.717, 1.165) is 11.0 Å². The van der Waals surface area contributed by atoms with Crippen LogP contribution in [-0.2, 0) is 6.18 Å². The number of amides is 1. The molecular formula is C16H12F5N5O. The van der Waals surface area contributed by atoms with Crippen LogP contribution in [0.5, 0.6) is 0 Å². The monoisotopic (exact) mass is 385 g/mol. The second kappa shape index (κ2) is 5.51. The zero-order chi connectivity index (χ0) is 19.6. The quantitative estimate of drug-likeness (QED) is 0.664. The van der Waals surface area contributed by atoms with Crippen molar-refractivity contribution < 1.29 is 26.7 Å². The Labute approximate surface area is 148 Å². The number of alkyl halides is 5. The molecule has 0 bridgehead atoms. The lowest BCUT2D eigenvalue weighted by Crippen LogP contribution is -2.58. The molecule has 0 saturated carbocycles. The number of carbonyl (C=O) groups is 1. The third-order valence-electron chi connectivity index (χ3n) is 4.46. The normalized spacial score (nSPS) is 16.6. The number of fused-ring (bicyclic) bond motifs is 1. The van der Waals surface area contributed by atoms with E-state index in [1.165, 1.54) is 12.3 Å². The van der Waals surface area contributed by atoms with Gasteiger partial charge < -0.3 is 9.88 Å². The van der Waals surface area contributed by atoms with Crippen LogP contribution in [0.15, 0.2) is 18.3 Å². The highest BCUT2D eigenvalue weighted by molar-refractivity contribution is 5.99. The van der Waals surface area contributed by atoms with Gasteiger partial charge in [-0.3, -0.25) is 9.89 Å². The molecule has 0 spiro atoms. The van der Waals surface area contributed by atoms with Gasteiger partial charge in [-0.25, -0.2) is 13.8 Å². The van der Waals surface area contributed by atoms with Crippen molar-refractivity contribution in [2.75, 3.05) is 13.1 Å². The molecule has 2 N–H and O–H groups in total. The van der Waals surface area contributed by atoms with Crippen molar-refractivity contribution in [1.29, 1.82) is 0 Å². The lowest BCUT2D eigenvalue weighted by Gasteiger charge is -2.38. The third kappa shape index (κ3) is 2.82. The summed E-state index contributed by atoms with van der Waals surface area (Å²) in [6.07, 6.45) is -3.11. The largest absolute Gasteiger partial charge is 0.433 e. The summed E-state index contributed by atoms with van der Waals surface area (Å²) in [4.78, 5) is 19.6. The van der Waals surface area contributed by atoms with Gasteiger partial charge >= 0.3 is 6.18 Å². The molecule has 142 valence electrons. The molecule has 1 fully saturated rings. The fraction of sp³-hybridized carbons (Fsp3) is 0.312. The standard InChI is InChI=1S/C16H12F5N5O/c1-7-9(4-22-11(7)14(27)26-5-15(17,18)6-26)12-8-2-3-10(16(19,20)21)23-13(8)25-24-12/h2-4,22H,5-6H2,1H3,(H,23,24,25). The molecular weight excluding hydrogens is 373 g/mol. The van der Waals surface area contributed by atoms with E-state index in [0.29, 0.717) is 22.2 Å². The second-order valence-electron chi connectivity index (χ2n) is 6.38. The number of hydrogen-bond acceptors (Lipinski definition) is 3. The smallest absolute Gasteiger partial charge is 0.356 e. The second-order valence-corrected chi connectivity index (χ2v) is 6.38. The first-order valence-electron chi connectivity index (χ1n) is 7.84. The van der Waals surface area contributed by atoms with Gasteiger partial charge in [0.2, 0.25) is 0 Å². The lowest BCUT2D eigenvalue weighted by molar-refractivity contribution is -0.141. The number of H-pyrrole nitrogens is 2. The van der Waals surface area contributed by atoms with Crippen LogP contribution in [0.25, 0.3) is 22.3 Å². The van der Waals surface area contributed by atoms with E-state index in [2.05, 4.69) is 20.2 Å². The summed E-state index contributed by atoms with van der Waals surface area (Å²) >= 11 is 0. The Hall–Kier alpha value is -2.98. The summed E-state index contributed by atoms with van der Waals surface area (Å²) in [7, 11) is 0. The Kier molecular flexibility index (Phi) is 3.56. The molecule has 27 heavy (non-hydrogen) atoms. The first-order chi connectivity index (χ1) is 12.6. The number of carbonyl (C=O) groups excluding carboxylic acids is 1. The van der Waals surface area contributed by atoms with Crippen LogP contribution in [0.1, 0.15) is 21.7 Å². The average molecular weight is 385 g/mol. The van der Waals surface area contributed by atoms with E-state index >= 15 is 0 Å². The predicted molar refractivity (Wildman–Crippen MR) is 84.3 cm³/mol.